The molecule has 0 aliphatic carbocycles. The van der Waals surface area contributed by atoms with Crippen molar-refractivity contribution in [2.75, 3.05) is 31.9 Å². The van der Waals surface area contributed by atoms with Gasteiger partial charge in [-0.15, -0.1) is 0 Å². The van der Waals surface area contributed by atoms with E-state index in [2.05, 4.69) is 16.5 Å². The van der Waals surface area contributed by atoms with Crippen molar-refractivity contribution >= 4 is 15.7 Å². The van der Waals surface area contributed by atoms with Crippen molar-refractivity contribution in [1.82, 2.24) is 9.62 Å². The normalized spacial score (nSPS) is 19.5. The molecule has 7 heteroatoms. The van der Waals surface area contributed by atoms with Crippen LogP contribution in [0.5, 0.6) is 0 Å². The molecule has 0 bridgehead atoms. The van der Waals surface area contributed by atoms with Crippen molar-refractivity contribution in [2.45, 2.75) is 18.2 Å². The van der Waals surface area contributed by atoms with Crippen molar-refractivity contribution in [3.05, 3.63) is 23.8 Å². The predicted octanol–water partition coefficient (Wildman–Crippen LogP) is 0.761. The van der Waals surface area contributed by atoms with E-state index in [9.17, 15) is 8.42 Å². The Labute approximate surface area is 125 Å². The Morgan fingerprint density at radius 3 is 2.86 bits per heavy atom. The average molecular weight is 308 g/mol. The van der Waals surface area contributed by atoms with Crippen LogP contribution in [0.25, 0.3) is 0 Å². The van der Waals surface area contributed by atoms with E-state index >= 15 is 0 Å². The second-order valence-electron chi connectivity index (χ2n) is 5.26. The van der Waals surface area contributed by atoms with Crippen molar-refractivity contribution < 1.29 is 8.42 Å². The molecular weight excluding hydrogens is 288 g/mol. The molecule has 114 valence electrons. The average Bonchev–Trinajstić information content (AvgIpc) is 2.93. The second kappa shape index (κ2) is 6.43. The van der Waals surface area contributed by atoms with Crippen LogP contribution in [-0.4, -0.2) is 39.5 Å². The third-order valence-corrected chi connectivity index (χ3v) is 5.31. The Hall–Kier alpha value is -1.62. The quantitative estimate of drug-likeness (QED) is 0.782. The van der Waals surface area contributed by atoms with Gasteiger partial charge in [-0.3, -0.25) is 0 Å². The maximum atomic E-state index is 12.3. The lowest BCUT2D eigenvalue weighted by atomic mass is 10.1. The molecular formula is C14H20N4O2S. The van der Waals surface area contributed by atoms with Crippen LogP contribution in [0.2, 0.25) is 0 Å². The number of nitrogens with zero attached hydrogens (tertiary/aromatic N) is 2. The molecule has 0 saturated carbocycles. The lowest BCUT2D eigenvalue weighted by Crippen LogP contribution is -2.31. The van der Waals surface area contributed by atoms with Crippen LogP contribution >= 0.6 is 0 Å². The molecule has 1 aliphatic rings. The summed E-state index contributed by atoms with van der Waals surface area (Å²) in [6.45, 7) is 5.44. The third-order valence-electron chi connectivity index (χ3n) is 3.81. The number of anilines is 1. The SMILES string of the molecule is CCN1CCC(CNS(=O)(=O)c2ccc(C#N)cc2N)C1. The monoisotopic (exact) mass is 308 g/mol. The van der Waals surface area contributed by atoms with E-state index < -0.39 is 10.0 Å². The van der Waals surface area contributed by atoms with E-state index in [0.29, 0.717) is 18.0 Å². The van der Waals surface area contributed by atoms with E-state index in [1.54, 1.807) is 0 Å². The zero-order chi connectivity index (χ0) is 15.5. The van der Waals surface area contributed by atoms with Gasteiger partial charge in [-0.05, 0) is 43.6 Å². The molecule has 1 unspecified atom stereocenters. The smallest absolute Gasteiger partial charge is 0.242 e. The van der Waals surface area contributed by atoms with Crippen LogP contribution in [0.1, 0.15) is 18.9 Å². The number of nitrogen functional groups attached to an aromatic ring is 1. The first-order chi connectivity index (χ1) is 9.96. The summed E-state index contributed by atoms with van der Waals surface area (Å²) in [5, 5.41) is 8.78. The van der Waals surface area contributed by atoms with Crippen molar-refractivity contribution in [3.8, 4) is 6.07 Å². The minimum Gasteiger partial charge on any atom is -0.398 e. The van der Waals surface area contributed by atoms with Crippen molar-refractivity contribution in [1.29, 1.82) is 5.26 Å². The third kappa shape index (κ3) is 3.73. The Morgan fingerprint density at radius 1 is 1.52 bits per heavy atom. The maximum Gasteiger partial charge on any atom is 0.242 e. The molecule has 0 radical (unpaired) electrons. The van der Waals surface area contributed by atoms with Gasteiger partial charge in [0.1, 0.15) is 4.90 Å². The molecule has 1 aromatic carbocycles. The first kappa shape index (κ1) is 15.8. The highest BCUT2D eigenvalue weighted by molar-refractivity contribution is 7.89. The largest absolute Gasteiger partial charge is 0.398 e. The van der Waals surface area contributed by atoms with Crippen LogP contribution in [-0.2, 0) is 10.0 Å². The first-order valence-corrected chi connectivity index (χ1v) is 8.46. The number of benzene rings is 1. The minimum absolute atomic E-state index is 0.0341. The van der Waals surface area contributed by atoms with Gasteiger partial charge in [-0.25, -0.2) is 13.1 Å². The van der Waals surface area contributed by atoms with Crippen LogP contribution in [0, 0.1) is 17.2 Å². The van der Waals surface area contributed by atoms with Crippen LogP contribution < -0.4 is 10.5 Å². The summed E-state index contributed by atoms with van der Waals surface area (Å²) in [5.41, 5.74) is 6.18. The summed E-state index contributed by atoms with van der Waals surface area (Å²) < 4.78 is 27.2. The highest BCUT2D eigenvalue weighted by Gasteiger charge is 2.24. The highest BCUT2D eigenvalue weighted by atomic mass is 32.2. The molecule has 1 saturated heterocycles. The van der Waals surface area contributed by atoms with E-state index in [-0.39, 0.29) is 10.6 Å². The summed E-state index contributed by atoms with van der Waals surface area (Å²) in [5.74, 6) is 0.333. The molecule has 1 heterocycles. The predicted molar refractivity (Wildman–Crippen MR) is 81.0 cm³/mol. The summed E-state index contributed by atoms with van der Waals surface area (Å²) >= 11 is 0. The Balaban J connectivity index is 2.04. The summed E-state index contributed by atoms with van der Waals surface area (Å²) in [7, 11) is -3.63. The molecule has 21 heavy (non-hydrogen) atoms. The van der Waals surface area contributed by atoms with E-state index in [4.69, 9.17) is 11.0 Å². The van der Waals surface area contributed by atoms with Crippen LogP contribution in [0.4, 0.5) is 5.69 Å². The van der Waals surface area contributed by atoms with Gasteiger partial charge < -0.3 is 10.6 Å². The minimum atomic E-state index is -3.63. The van der Waals surface area contributed by atoms with Gasteiger partial charge in [0.05, 0.1) is 17.3 Å². The van der Waals surface area contributed by atoms with E-state index in [0.717, 1.165) is 26.1 Å². The van der Waals surface area contributed by atoms with Crippen molar-refractivity contribution in [2.24, 2.45) is 5.92 Å². The second-order valence-corrected chi connectivity index (χ2v) is 7.00. The summed E-state index contributed by atoms with van der Waals surface area (Å²) in [6.07, 6.45) is 0.999. The van der Waals surface area contributed by atoms with Gasteiger partial charge in [-0.1, -0.05) is 6.92 Å². The van der Waals surface area contributed by atoms with Crippen molar-refractivity contribution in [3.63, 3.8) is 0 Å². The molecule has 1 aliphatic heterocycles. The number of nitrogens with two attached hydrogens (primary N) is 1. The molecule has 1 aromatic rings. The number of likely N-dealkylation sites (tertiary alicyclic amines) is 1. The Morgan fingerprint density at radius 2 is 2.29 bits per heavy atom. The molecule has 3 N–H and O–H groups in total. The molecule has 0 amide bonds. The highest BCUT2D eigenvalue weighted by Crippen LogP contribution is 2.20. The number of nitriles is 1. The molecule has 0 aromatic heterocycles. The molecule has 1 atom stereocenters. The first-order valence-electron chi connectivity index (χ1n) is 6.98. The van der Waals surface area contributed by atoms with Gasteiger partial charge in [0.15, 0.2) is 0 Å². The fourth-order valence-corrected chi connectivity index (χ4v) is 3.76. The Bertz CT molecular complexity index is 651. The Kier molecular flexibility index (Phi) is 4.83. The zero-order valence-corrected chi connectivity index (χ0v) is 12.9. The van der Waals surface area contributed by atoms with Gasteiger partial charge in [0.2, 0.25) is 10.0 Å². The van der Waals surface area contributed by atoms with E-state index in [1.165, 1.54) is 18.2 Å². The van der Waals surface area contributed by atoms with Gasteiger partial charge >= 0.3 is 0 Å². The number of hydrogen-bond acceptors (Lipinski definition) is 5. The van der Waals surface area contributed by atoms with Gasteiger partial charge in [0, 0.05) is 13.1 Å². The fourth-order valence-electron chi connectivity index (χ4n) is 2.53. The lowest BCUT2D eigenvalue weighted by Gasteiger charge is -2.14. The number of hydrogen-bond donors (Lipinski definition) is 2. The maximum absolute atomic E-state index is 12.3. The fraction of sp³-hybridized carbons (Fsp3) is 0.500. The summed E-state index contributed by atoms with van der Waals surface area (Å²) in [4.78, 5) is 2.33. The lowest BCUT2D eigenvalue weighted by molar-refractivity contribution is 0.342. The zero-order valence-electron chi connectivity index (χ0n) is 12.0. The topological polar surface area (TPSA) is 99.2 Å². The summed E-state index contributed by atoms with van der Waals surface area (Å²) in [6, 6.07) is 6.15. The van der Waals surface area contributed by atoms with Crippen LogP contribution in [0.3, 0.4) is 0 Å². The number of rotatable bonds is 5. The molecule has 1 fully saturated rings. The van der Waals surface area contributed by atoms with E-state index in [1.807, 2.05) is 6.07 Å². The van der Waals surface area contributed by atoms with Crippen LogP contribution in [0.15, 0.2) is 23.1 Å². The standard InChI is InChI=1S/C14H20N4O2S/c1-2-18-6-5-12(10-18)9-17-21(19,20)14-4-3-11(8-15)7-13(14)16/h3-4,7,12,17H,2,5-6,9-10,16H2,1H3. The molecule has 0 spiro atoms. The number of nitrogens with one attached hydrogen (secondary N) is 1. The number of sulfonamides is 1. The molecule has 6 nitrogen and oxygen atoms in total. The van der Waals surface area contributed by atoms with Gasteiger partial charge in [0.25, 0.3) is 0 Å². The van der Waals surface area contributed by atoms with Gasteiger partial charge in [-0.2, -0.15) is 5.26 Å². The molecule has 2 rings (SSSR count).